The van der Waals surface area contributed by atoms with E-state index in [0.29, 0.717) is 0 Å². The van der Waals surface area contributed by atoms with Gasteiger partial charge in [-0.25, -0.2) is 0 Å². The van der Waals surface area contributed by atoms with Gasteiger partial charge in [0.1, 0.15) is 0 Å². The normalized spacial score (nSPS) is 10.6. The van der Waals surface area contributed by atoms with E-state index in [1.54, 1.807) is 0 Å². The lowest BCUT2D eigenvalue weighted by Gasteiger charge is -2.11. The van der Waals surface area contributed by atoms with Gasteiger partial charge in [-0.05, 0) is 17.7 Å². The molecule has 0 aliphatic heterocycles. The van der Waals surface area contributed by atoms with Crippen LogP contribution < -0.4 is 11.2 Å². The molecule has 3 heteroatoms. The highest BCUT2D eigenvalue weighted by Gasteiger charge is 1.92. The molecule has 3 N–H and O–H groups in total. The van der Waals surface area contributed by atoms with Gasteiger partial charge in [-0.15, -0.1) is 0 Å². The fourth-order valence-corrected chi connectivity index (χ4v) is 0.952. The number of nitrogen functional groups attached to an aromatic ring is 1. The van der Waals surface area contributed by atoms with Gasteiger partial charge < -0.3 is 5.73 Å². The van der Waals surface area contributed by atoms with Crippen LogP contribution in [0.25, 0.3) is 0 Å². The molecular weight excluding hydrogens is 150 g/mol. The molecule has 0 aliphatic carbocycles. The minimum Gasteiger partial charge on any atom is -0.399 e. The first-order valence-corrected chi connectivity index (χ1v) is 3.94. The van der Waals surface area contributed by atoms with Crippen LogP contribution in [0.15, 0.2) is 24.3 Å². The van der Waals surface area contributed by atoms with Crippen molar-refractivity contribution in [1.29, 1.82) is 0 Å². The Morgan fingerprint density at radius 3 is 2.75 bits per heavy atom. The minimum atomic E-state index is 0.813. The largest absolute Gasteiger partial charge is 0.399 e. The van der Waals surface area contributed by atoms with E-state index in [0.717, 1.165) is 12.2 Å². The number of hydrogen-bond donors (Lipinski definition) is 2. The molecule has 0 unspecified atom stereocenters. The van der Waals surface area contributed by atoms with Crippen LogP contribution in [0.2, 0.25) is 0 Å². The van der Waals surface area contributed by atoms with Crippen molar-refractivity contribution in [3.8, 4) is 0 Å². The standard InChI is InChI=1S/C9H15N3/c1-12(2)11-7-8-4-3-5-9(10)6-8/h3-6,11H,7,10H2,1-2H3. The van der Waals surface area contributed by atoms with Gasteiger partial charge in [0.25, 0.3) is 0 Å². The zero-order valence-electron chi connectivity index (χ0n) is 7.54. The molecule has 66 valence electrons. The Morgan fingerprint density at radius 1 is 1.42 bits per heavy atom. The second-order valence-electron chi connectivity index (χ2n) is 2.97. The molecule has 0 aromatic heterocycles. The predicted molar refractivity (Wildman–Crippen MR) is 51.4 cm³/mol. The van der Waals surface area contributed by atoms with E-state index in [-0.39, 0.29) is 0 Å². The van der Waals surface area contributed by atoms with Crippen molar-refractivity contribution < 1.29 is 0 Å². The summed E-state index contributed by atoms with van der Waals surface area (Å²) >= 11 is 0. The maximum Gasteiger partial charge on any atom is 0.0354 e. The fraction of sp³-hybridized carbons (Fsp3) is 0.333. The van der Waals surface area contributed by atoms with Crippen LogP contribution in [-0.4, -0.2) is 19.1 Å². The lowest BCUT2D eigenvalue weighted by atomic mass is 10.2. The summed E-state index contributed by atoms with van der Waals surface area (Å²) in [5.41, 5.74) is 10.8. The minimum absolute atomic E-state index is 0.813. The summed E-state index contributed by atoms with van der Waals surface area (Å²) in [6, 6.07) is 7.87. The Bertz CT molecular complexity index is 245. The van der Waals surface area contributed by atoms with Crippen LogP contribution in [0, 0.1) is 0 Å². The molecule has 0 amide bonds. The molecule has 1 aromatic rings. The number of hydrazine groups is 1. The molecule has 0 spiro atoms. The third-order valence-electron chi connectivity index (χ3n) is 1.55. The van der Waals surface area contributed by atoms with Crippen LogP contribution in [0.1, 0.15) is 5.56 Å². The second kappa shape index (κ2) is 4.09. The Labute approximate surface area is 73.1 Å². The number of nitrogens with one attached hydrogen (secondary N) is 1. The van der Waals surface area contributed by atoms with E-state index in [9.17, 15) is 0 Å². The molecule has 0 atom stereocenters. The number of nitrogens with zero attached hydrogens (tertiary/aromatic N) is 1. The van der Waals surface area contributed by atoms with Crippen LogP contribution in [0.4, 0.5) is 5.69 Å². The predicted octanol–water partition coefficient (Wildman–Crippen LogP) is 0.835. The molecule has 0 saturated heterocycles. The van der Waals surface area contributed by atoms with E-state index < -0.39 is 0 Å². The molecule has 3 nitrogen and oxygen atoms in total. The molecule has 0 bridgehead atoms. The quantitative estimate of drug-likeness (QED) is 0.515. The van der Waals surface area contributed by atoms with Gasteiger partial charge in [-0.2, -0.15) is 0 Å². The van der Waals surface area contributed by atoms with E-state index in [4.69, 9.17) is 5.73 Å². The zero-order valence-corrected chi connectivity index (χ0v) is 7.54. The fourth-order valence-electron chi connectivity index (χ4n) is 0.952. The van der Waals surface area contributed by atoms with Gasteiger partial charge in [0, 0.05) is 26.3 Å². The monoisotopic (exact) mass is 165 g/mol. The molecule has 1 rings (SSSR count). The van der Waals surface area contributed by atoms with Crippen molar-refractivity contribution in [1.82, 2.24) is 10.4 Å². The summed E-state index contributed by atoms with van der Waals surface area (Å²) in [5.74, 6) is 0. The summed E-state index contributed by atoms with van der Waals surface area (Å²) in [4.78, 5) is 0. The second-order valence-corrected chi connectivity index (χ2v) is 2.97. The molecule has 0 saturated carbocycles. The number of benzene rings is 1. The van der Waals surface area contributed by atoms with Crippen molar-refractivity contribution in [2.75, 3.05) is 19.8 Å². The van der Waals surface area contributed by atoms with E-state index in [1.165, 1.54) is 5.56 Å². The number of anilines is 1. The molecule has 12 heavy (non-hydrogen) atoms. The first-order valence-electron chi connectivity index (χ1n) is 3.94. The molecule has 1 aromatic carbocycles. The Kier molecular flexibility index (Phi) is 3.08. The highest BCUT2D eigenvalue weighted by Crippen LogP contribution is 2.05. The third kappa shape index (κ3) is 2.90. The molecular formula is C9H15N3. The van der Waals surface area contributed by atoms with E-state index in [1.807, 2.05) is 43.4 Å². The maximum atomic E-state index is 5.62. The summed E-state index contributed by atoms with van der Waals surface area (Å²) in [6.45, 7) is 0.818. The van der Waals surface area contributed by atoms with Gasteiger partial charge in [-0.3, -0.25) is 10.4 Å². The average Bonchev–Trinajstić information content (AvgIpc) is 2.01. The summed E-state index contributed by atoms with van der Waals surface area (Å²) in [7, 11) is 3.93. The number of hydrogen-bond acceptors (Lipinski definition) is 3. The number of rotatable bonds is 3. The van der Waals surface area contributed by atoms with Crippen LogP contribution >= 0.6 is 0 Å². The summed E-state index contributed by atoms with van der Waals surface area (Å²) < 4.78 is 0. The van der Waals surface area contributed by atoms with Crippen molar-refractivity contribution in [2.45, 2.75) is 6.54 Å². The van der Waals surface area contributed by atoms with Crippen molar-refractivity contribution in [3.63, 3.8) is 0 Å². The third-order valence-corrected chi connectivity index (χ3v) is 1.55. The van der Waals surface area contributed by atoms with Gasteiger partial charge >= 0.3 is 0 Å². The Balaban J connectivity index is 2.52. The molecule has 0 fully saturated rings. The first-order chi connectivity index (χ1) is 5.68. The average molecular weight is 165 g/mol. The molecule has 0 heterocycles. The highest BCUT2D eigenvalue weighted by atomic mass is 15.5. The van der Waals surface area contributed by atoms with Crippen LogP contribution in [0.5, 0.6) is 0 Å². The van der Waals surface area contributed by atoms with Crippen molar-refractivity contribution in [3.05, 3.63) is 29.8 Å². The van der Waals surface area contributed by atoms with Crippen molar-refractivity contribution in [2.24, 2.45) is 0 Å². The van der Waals surface area contributed by atoms with E-state index in [2.05, 4.69) is 5.43 Å². The number of nitrogens with two attached hydrogens (primary N) is 1. The smallest absolute Gasteiger partial charge is 0.0354 e. The zero-order chi connectivity index (χ0) is 8.97. The van der Waals surface area contributed by atoms with Gasteiger partial charge in [-0.1, -0.05) is 12.1 Å². The van der Waals surface area contributed by atoms with E-state index >= 15 is 0 Å². The van der Waals surface area contributed by atoms with Gasteiger partial charge in [0.05, 0.1) is 0 Å². The maximum absolute atomic E-state index is 5.62. The van der Waals surface area contributed by atoms with Gasteiger partial charge in [0.15, 0.2) is 0 Å². The first kappa shape index (κ1) is 9.03. The van der Waals surface area contributed by atoms with Crippen molar-refractivity contribution >= 4 is 5.69 Å². The SMILES string of the molecule is CN(C)NCc1cccc(N)c1. The van der Waals surface area contributed by atoms with Crippen LogP contribution in [-0.2, 0) is 6.54 Å². The molecule has 0 radical (unpaired) electrons. The topological polar surface area (TPSA) is 41.3 Å². The summed E-state index contributed by atoms with van der Waals surface area (Å²) in [5, 5.41) is 1.92. The Hall–Kier alpha value is -1.06. The van der Waals surface area contributed by atoms with Gasteiger partial charge in [0.2, 0.25) is 0 Å². The summed E-state index contributed by atoms with van der Waals surface area (Å²) in [6.07, 6.45) is 0. The van der Waals surface area contributed by atoms with Crippen LogP contribution in [0.3, 0.4) is 0 Å². The lowest BCUT2D eigenvalue weighted by molar-refractivity contribution is 0.286. The lowest BCUT2D eigenvalue weighted by Crippen LogP contribution is -2.29. The Morgan fingerprint density at radius 2 is 2.17 bits per heavy atom. The highest BCUT2D eigenvalue weighted by molar-refractivity contribution is 5.40. The molecule has 0 aliphatic rings.